The van der Waals surface area contributed by atoms with Crippen LogP contribution in [-0.2, 0) is 24.0 Å². The zero-order chi connectivity index (χ0) is 30.9. The summed E-state index contributed by atoms with van der Waals surface area (Å²) in [6.45, 7) is 1.55. The number of aromatic hydroxyl groups is 1. The topological polar surface area (TPSA) is 274 Å². The van der Waals surface area contributed by atoms with E-state index in [1.807, 2.05) is 0 Å². The number of phenolic OH excluding ortho intramolecular Hbond substituents is 1. The maximum Gasteiger partial charge on any atom is 0.305 e. The molecule has 1 aromatic rings. The van der Waals surface area contributed by atoms with Crippen molar-refractivity contribution in [2.45, 2.75) is 43.1 Å². The zero-order valence-electron chi connectivity index (χ0n) is 22.2. The molecule has 11 N–H and O–H groups in total. The summed E-state index contributed by atoms with van der Waals surface area (Å²) < 4.78 is 0. The molecule has 1 saturated carbocycles. The first kappa shape index (κ1) is 29.7. The van der Waals surface area contributed by atoms with Gasteiger partial charge in [-0.1, -0.05) is 13.0 Å². The van der Waals surface area contributed by atoms with Crippen LogP contribution in [0.4, 0.5) is 5.69 Å². The molecule has 4 rings (SSSR count). The van der Waals surface area contributed by atoms with Gasteiger partial charge in [-0.05, 0) is 31.6 Å². The van der Waals surface area contributed by atoms with E-state index in [9.17, 15) is 49.5 Å². The molecule has 0 heterocycles. The van der Waals surface area contributed by atoms with Crippen LogP contribution >= 0.6 is 0 Å². The minimum Gasteiger partial charge on any atom is -0.508 e. The molecule has 0 aliphatic heterocycles. The molecule has 0 spiro atoms. The van der Waals surface area contributed by atoms with E-state index >= 15 is 0 Å². The first-order chi connectivity index (χ1) is 19.0. The van der Waals surface area contributed by atoms with Crippen LogP contribution in [0.25, 0.3) is 5.76 Å². The van der Waals surface area contributed by atoms with Crippen LogP contribution in [0.1, 0.15) is 30.4 Å². The van der Waals surface area contributed by atoms with E-state index in [2.05, 4.69) is 5.32 Å². The van der Waals surface area contributed by atoms with Crippen molar-refractivity contribution in [2.75, 3.05) is 19.4 Å². The second-order valence-electron chi connectivity index (χ2n) is 10.7. The number of fused-ring (bicyclic) bond motifs is 3. The lowest BCUT2D eigenvalue weighted by atomic mass is 9.54. The number of hydrogen-bond donors (Lipinski definition) is 9. The maximum absolute atomic E-state index is 14.0. The van der Waals surface area contributed by atoms with E-state index in [1.165, 1.54) is 31.1 Å². The Bertz CT molecular complexity index is 1470. The van der Waals surface area contributed by atoms with Crippen molar-refractivity contribution in [1.29, 1.82) is 0 Å². The number of carboxylic acids is 1. The number of anilines is 1. The second kappa shape index (κ2) is 9.95. The monoisotopic (exact) mass is 574 g/mol. The van der Waals surface area contributed by atoms with Crippen molar-refractivity contribution in [3.8, 4) is 5.75 Å². The normalized spacial score (nSPS) is 30.0. The Morgan fingerprint density at radius 1 is 1.15 bits per heavy atom. The quantitative estimate of drug-likeness (QED) is 0.135. The summed E-state index contributed by atoms with van der Waals surface area (Å²) in [4.78, 5) is 63.8. The molecule has 3 aliphatic carbocycles. The first-order valence-corrected chi connectivity index (χ1v) is 12.4. The number of carbonyl (C=O) groups is 5. The summed E-state index contributed by atoms with van der Waals surface area (Å²) in [7, 11) is 2.81. The highest BCUT2D eigenvalue weighted by Crippen LogP contribution is 2.56. The van der Waals surface area contributed by atoms with Crippen LogP contribution in [0.2, 0.25) is 0 Å². The number of benzene rings is 1. The van der Waals surface area contributed by atoms with Gasteiger partial charge in [-0.25, -0.2) is 0 Å². The Kier molecular flexibility index (Phi) is 7.20. The predicted molar refractivity (Wildman–Crippen MR) is 139 cm³/mol. The molecular formula is C26H30N4O11. The number of carboxylic acid groups (broad SMARTS) is 1. The number of primary amides is 1. The van der Waals surface area contributed by atoms with Gasteiger partial charge in [0.15, 0.2) is 11.4 Å². The number of nitrogens with one attached hydrogen (secondary N) is 1. The Balaban J connectivity index is 1.91. The van der Waals surface area contributed by atoms with Gasteiger partial charge in [0.25, 0.3) is 5.91 Å². The third kappa shape index (κ3) is 4.16. The number of nitrogens with zero attached hydrogens (tertiary/aromatic N) is 1. The van der Waals surface area contributed by atoms with E-state index in [0.29, 0.717) is 0 Å². The van der Waals surface area contributed by atoms with Crippen LogP contribution < -0.4 is 16.8 Å². The number of amides is 2. The fraction of sp³-hybridized carbons (Fsp3) is 0.423. The molecule has 1 aromatic carbocycles. The minimum absolute atomic E-state index is 0.222. The van der Waals surface area contributed by atoms with Gasteiger partial charge in [0.05, 0.1) is 41.8 Å². The summed E-state index contributed by atoms with van der Waals surface area (Å²) in [5.41, 5.74) is 5.76. The van der Waals surface area contributed by atoms with Crippen molar-refractivity contribution in [1.82, 2.24) is 4.90 Å². The summed E-state index contributed by atoms with van der Waals surface area (Å²) in [6.07, 6.45) is -2.46. The zero-order valence-corrected chi connectivity index (χ0v) is 22.2. The smallest absolute Gasteiger partial charge is 0.305 e. The Morgan fingerprint density at radius 3 is 2.29 bits per heavy atom. The highest BCUT2D eigenvalue weighted by Gasteiger charge is 2.68. The van der Waals surface area contributed by atoms with Gasteiger partial charge >= 0.3 is 5.97 Å². The third-order valence-electron chi connectivity index (χ3n) is 8.12. The third-order valence-corrected chi connectivity index (χ3v) is 8.12. The summed E-state index contributed by atoms with van der Waals surface area (Å²) in [5.74, 6) is -12.8. The molecule has 0 bridgehead atoms. The number of phenols is 1. The highest BCUT2D eigenvalue weighted by atomic mass is 16.4. The summed E-state index contributed by atoms with van der Waals surface area (Å²) >= 11 is 0. The Hall–Kier alpha value is -4.31. The molecule has 41 heavy (non-hydrogen) atoms. The molecule has 15 heteroatoms. The number of carbonyl (C=O) groups excluding carboxylic acids is 4. The molecule has 220 valence electrons. The van der Waals surface area contributed by atoms with E-state index in [0.717, 1.165) is 0 Å². The molecule has 15 nitrogen and oxygen atoms in total. The SMILES string of the molecule is CC1c2ccc(NC(=O)[C@@H](N)CC(=O)O)c(O)c2C(O)=C2C(=O)C3(O)C(O)=C(C(N)=O)C(=O)[C@@H](N(C)C)C3C(O)C21. The number of nitrogens with two attached hydrogens (primary N) is 2. The molecule has 0 radical (unpaired) electrons. The lowest BCUT2D eigenvalue weighted by molar-refractivity contribution is -0.169. The predicted octanol–water partition coefficient (Wildman–Crippen LogP) is -1.76. The minimum atomic E-state index is -3.06. The lowest BCUT2D eigenvalue weighted by Gasteiger charge is -2.53. The van der Waals surface area contributed by atoms with E-state index in [4.69, 9.17) is 16.6 Å². The molecule has 2 amide bonds. The van der Waals surface area contributed by atoms with Crippen molar-refractivity contribution >= 4 is 40.8 Å². The average Bonchev–Trinajstić information content (AvgIpc) is 2.86. The Morgan fingerprint density at radius 2 is 1.76 bits per heavy atom. The van der Waals surface area contributed by atoms with Crippen molar-refractivity contribution in [2.24, 2.45) is 23.3 Å². The van der Waals surface area contributed by atoms with Crippen molar-refractivity contribution in [3.05, 3.63) is 40.2 Å². The van der Waals surface area contributed by atoms with Crippen LogP contribution in [0.5, 0.6) is 5.75 Å². The van der Waals surface area contributed by atoms with E-state index in [1.54, 1.807) is 6.92 Å². The number of aliphatic carboxylic acids is 1. The van der Waals surface area contributed by atoms with Gasteiger partial charge in [-0.3, -0.25) is 28.9 Å². The van der Waals surface area contributed by atoms with Gasteiger partial charge in [-0.15, -0.1) is 0 Å². The molecule has 0 aromatic heterocycles. The average molecular weight is 575 g/mol. The lowest BCUT2D eigenvalue weighted by Crippen LogP contribution is -2.70. The fourth-order valence-electron chi connectivity index (χ4n) is 6.22. The number of aliphatic hydroxyl groups is 4. The van der Waals surface area contributed by atoms with E-state index < -0.39 is 106 Å². The first-order valence-electron chi connectivity index (χ1n) is 12.4. The van der Waals surface area contributed by atoms with Crippen LogP contribution in [0.15, 0.2) is 29.0 Å². The summed E-state index contributed by atoms with van der Waals surface area (Å²) in [6, 6.07) is -0.314. The maximum atomic E-state index is 14.0. The molecular weight excluding hydrogens is 544 g/mol. The number of rotatable bonds is 6. The van der Waals surface area contributed by atoms with Crippen molar-refractivity contribution in [3.63, 3.8) is 0 Å². The van der Waals surface area contributed by atoms with Gasteiger partial charge in [0, 0.05) is 11.5 Å². The molecule has 1 fully saturated rings. The number of aliphatic hydroxyl groups excluding tert-OH is 3. The van der Waals surface area contributed by atoms with Gasteiger partial charge in [0.2, 0.25) is 11.7 Å². The molecule has 0 saturated heterocycles. The number of likely N-dealkylation sites (N-methyl/N-ethyl adjacent to an activating group) is 1. The number of hydrogen-bond acceptors (Lipinski definition) is 12. The fourth-order valence-corrected chi connectivity index (χ4v) is 6.22. The van der Waals surface area contributed by atoms with Crippen LogP contribution in [-0.4, -0.2) is 103 Å². The molecule has 7 atom stereocenters. The highest BCUT2D eigenvalue weighted by molar-refractivity contribution is 6.24. The molecule has 3 aliphatic rings. The summed E-state index contributed by atoms with van der Waals surface area (Å²) in [5, 5.41) is 67.6. The second-order valence-corrected chi connectivity index (χ2v) is 10.7. The Labute approximate surface area is 232 Å². The van der Waals surface area contributed by atoms with Crippen LogP contribution in [0.3, 0.4) is 0 Å². The largest absolute Gasteiger partial charge is 0.508 e. The van der Waals surface area contributed by atoms with Gasteiger partial charge < -0.3 is 47.4 Å². The van der Waals surface area contributed by atoms with Crippen molar-refractivity contribution < 1.29 is 54.6 Å². The van der Waals surface area contributed by atoms with Crippen LogP contribution in [0, 0.1) is 11.8 Å². The van der Waals surface area contributed by atoms with Gasteiger partial charge in [-0.2, -0.15) is 0 Å². The van der Waals surface area contributed by atoms with Gasteiger partial charge in [0.1, 0.15) is 22.8 Å². The number of ketones is 2. The van der Waals surface area contributed by atoms with E-state index in [-0.39, 0.29) is 16.8 Å². The number of Topliss-reactive ketones (excluding diaryl/α,β-unsaturated/α-hetero) is 2. The molecule has 5 unspecified atom stereocenters. The standard InChI is InChI=1S/C26H30N4O11/c1-7-8-4-5-10(29-25(40)9(27)6-11(31)32)18(33)13(8)19(34)14-12(7)20(35)16-17(30(2)3)21(36)15(24(28)39)23(38)26(16,41)22(14)37/h4-5,7,9,12,16-17,20,33-35,38,41H,6,27H2,1-3H3,(H2,28,39)(H,29,40)(H,31,32)/t7?,9-,12?,16?,17-,20?,26?/m0/s1.